The molecular formula is C116H136BN3. The van der Waals surface area contributed by atoms with E-state index < -0.39 is 105 Å². The minimum Gasteiger partial charge on any atom is -0.310 e. The maximum Gasteiger partial charge on any atom is 0.252 e. The van der Waals surface area contributed by atoms with Crippen molar-refractivity contribution in [2.75, 3.05) is 9.80 Å². The van der Waals surface area contributed by atoms with E-state index in [1.807, 2.05) is 101 Å². The molecule has 4 heteroatoms. The Kier molecular flexibility index (Phi) is 15.8. The maximum atomic E-state index is 11.8. The molecule has 15 rings (SSSR count). The van der Waals surface area contributed by atoms with Crippen molar-refractivity contribution in [3.05, 3.63) is 285 Å². The van der Waals surface area contributed by atoms with Gasteiger partial charge in [-0.3, -0.25) is 0 Å². The third-order valence-corrected chi connectivity index (χ3v) is 24.6. The van der Waals surface area contributed by atoms with Crippen LogP contribution < -0.4 is 26.2 Å². The van der Waals surface area contributed by atoms with Gasteiger partial charge in [0.1, 0.15) is 0 Å². The quantitative estimate of drug-likeness (QED) is 0.141. The Labute approximate surface area is 747 Å². The first-order valence-corrected chi connectivity index (χ1v) is 43.2. The lowest BCUT2D eigenvalue weighted by atomic mass is 9.33. The second-order valence-electron chi connectivity index (χ2n) is 45.6. The zero-order valence-electron chi connectivity index (χ0n) is 95.0. The van der Waals surface area contributed by atoms with E-state index in [4.69, 9.17) is 0 Å². The standard InChI is InChI=1S/C116H136BN3/c1-106(2,3)75-47-42-71(43-48-75)88-63-81(112(19,20)21)65-91(85-54-51-78(109(10,11)12)67-94(85)116(31,32)33)104(88)120-100-70-84(118-97-40-36-34-38-86(97)87-39-35-37-41-98(87)118)53-57-96(100)117-95-56-46-73(74-58-79(110(13,14)15)61-80(59-74)111(16,17)18)60-99(95)119(101-68-83(114(25,26)27)69-102(120)103(101)117)105-89(72-44-49-76(50-45-72)107(4,5)6)64-82(113(22,23)24)66-92(105)90-62-77(108(7,8)9)52-55-93(90)115(28,29)30/h34-70H,1-33H3/i34D,35D,36D,37D,38D,39D,40D,41D,44D,45D,49D,50D,52D,55D,62D,64D,66D. The van der Waals surface area contributed by atoms with Crippen LogP contribution in [0.3, 0.4) is 0 Å². The first kappa shape index (κ1) is 65.8. The van der Waals surface area contributed by atoms with Gasteiger partial charge in [-0.1, -0.05) is 386 Å². The average Bonchev–Trinajstić information content (AvgIpc) is 0.698. The van der Waals surface area contributed by atoms with E-state index >= 15 is 0 Å². The number of fused-ring (bicyclic) bond motifs is 7. The predicted molar refractivity (Wildman–Crippen MR) is 528 cm³/mol. The summed E-state index contributed by atoms with van der Waals surface area (Å²) in [5.74, 6) is 0. The second-order valence-corrected chi connectivity index (χ2v) is 45.6. The summed E-state index contributed by atoms with van der Waals surface area (Å²) >= 11 is 0. The SMILES string of the molecule is [2H]c1c([2H])c(C(C)(C)C)c([2H])c([2H])c1-c1c([2H])c(C(C)(C)C)c([2H])c(-c2c([2H])c(C(C)(C)C)c([2H])c([2H])c2C(C)(C)C)c1N1c2cc(-c3cc(C(C)(C)C)cc(C(C)(C)C)c3)ccc2B2c3ccc(-n4c5c([2H])c([2H])c([2H])c([2H])c5c5c([2H])c([2H])c([2H])c([2H])c54)cc3N(c3c(-c4ccc(C(C)(C)C)cc4)cc(C(C)(C)C)cc3-c3ccc(C(C)(C)C)cc3C(C)(C)C)c3cc(C(C)(C)C)cc1c32. The number of rotatable bonds is 8. The fraction of sp³-hybridized carbons (Fsp3) is 0.379. The fourth-order valence-electron chi connectivity index (χ4n) is 17.1. The van der Waals surface area contributed by atoms with E-state index in [0.29, 0.717) is 44.8 Å². The zero-order chi connectivity index (χ0) is 102. The molecular weight excluding hydrogens is 1450 g/mol. The largest absolute Gasteiger partial charge is 0.310 e. The van der Waals surface area contributed by atoms with Gasteiger partial charge >= 0.3 is 0 Å². The van der Waals surface area contributed by atoms with Gasteiger partial charge in [-0.2, -0.15) is 0 Å². The van der Waals surface area contributed by atoms with E-state index in [0.717, 1.165) is 78.0 Å². The van der Waals surface area contributed by atoms with Crippen molar-refractivity contribution in [1.82, 2.24) is 4.57 Å². The molecule has 0 radical (unpaired) electrons. The number of nitrogens with zero attached hydrogens (tertiary/aromatic N) is 3. The van der Waals surface area contributed by atoms with Gasteiger partial charge in [-0.05, 0) is 237 Å². The summed E-state index contributed by atoms with van der Waals surface area (Å²) in [7, 11) is 0. The maximum absolute atomic E-state index is 11.8. The topological polar surface area (TPSA) is 11.4 Å². The van der Waals surface area contributed by atoms with Crippen LogP contribution >= 0.6 is 0 Å². The molecule has 0 saturated heterocycles. The van der Waals surface area contributed by atoms with E-state index in [1.165, 1.54) is 0 Å². The van der Waals surface area contributed by atoms with Gasteiger partial charge in [0, 0.05) is 61.5 Å². The zero-order valence-corrected chi connectivity index (χ0v) is 78.0. The Bertz CT molecular complexity index is 7150. The van der Waals surface area contributed by atoms with E-state index in [9.17, 15) is 23.3 Å². The Balaban J connectivity index is 1.30. The summed E-state index contributed by atoms with van der Waals surface area (Å²) in [4.78, 5) is 4.47. The van der Waals surface area contributed by atoms with Crippen molar-refractivity contribution in [2.45, 2.75) is 288 Å². The van der Waals surface area contributed by atoms with Gasteiger partial charge in [-0.25, -0.2) is 0 Å². The van der Waals surface area contributed by atoms with Crippen molar-refractivity contribution < 1.29 is 23.3 Å². The molecule has 12 aromatic carbocycles. The Morgan fingerprint density at radius 1 is 0.242 bits per heavy atom. The number of anilines is 6. The summed E-state index contributed by atoms with van der Waals surface area (Å²) in [6.07, 6.45) is 0. The monoisotopic (exact) mass is 1600 g/mol. The Hall–Kier alpha value is -9.90. The minimum atomic E-state index is -1.13. The highest BCUT2D eigenvalue weighted by molar-refractivity contribution is 7.00. The lowest BCUT2D eigenvalue weighted by molar-refractivity contribution is 0.568. The van der Waals surface area contributed by atoms with Gasteiger partial charge < -0.3 is 14.4 Å². The summed E-state index contributed by atoms with van der Waals surface area (Å²) in [6.45, 7) is 68.5. The molecule has 0 fully saturated rings. The molecule has 1 aromatic heterocycles. The summed E-state index contributed by atoms with van der Waals surface area (Å²) < 4.78 is 178. The normalized spacial score (nSPS) is 16.0. The van der Waals surface area contributed by atoms with Crippen LogP contribution in [0.5, 0.6) is 0 Å². The molecule has 0 amide bonds. The van der Waals surface area contributed by atoms with Crippen LogP contribution in [0, 0.1) is 0 Å². The smallest absolute Gasteiger partial charge is 0.252 e. The van der Waals surface area contributed by atoms with Crippen molar-refractivity contribution >= 4 is 79.0 Å². The van der Waals surface area contributed by atoms with Crippen molar-refractivity contribution in [3.8, 4) is 61.3 Å². The highest BCUT2D eigenvalue weighted by atomic mass is 15.2. The summed E-state index contributed by atoms with van der Waals surface area (Å²) in [5, 5.41) is -0.163. The molecule has 3 heterocycles. The lowest BCUT2D eigenvalue weighted by Crippen LogP contribution is -2.61. The van der Waals surface area contributed by atoms with Gasteiger partial charge in [0.25, 0.3) is 6.71 Å². The van der Waals surface area contributed by atoms with Gasteiger partial charge in [0.15, 0.2) is 0 Å². The third-order valence-electron chi connectivity index (χ3n) is 24.6. The van der Waals surface area contributed by atoms with Crippen LogP contribution in [-0.2, 0) is 59.6 Å². The van der Waals surface area contributed by atoms with Crippen LogP contribution in [0.15, 0.2) is 224 Å². The number of benzene rings is 12. The molecule has 2 aliphatic rings. The van der Waals surface area contributed by atoms with Crippen LogP contribution in [0.25, 0.3) is 83.1 Å². The molecule has 0 N–H and O–H groups in total. The minimum absolute atomic E-state index is 0.0554. The van der Waals surface area contributed by atoms with Gasteiger partial charge in [-0.15, -0.1) is 0 Å². The third kappa shape index (κ3) is 15.6. The Morgan fingerprint density at radius 3 is 1.16 bits per heavy atom. The molecule has 0 atom stereocenters. The summed E-state index contributed by atoms with van der Waals surface area (Å²) in [5.41, 5.74) is 11.0. The van der Waals surface area contributed by atoms with Crippen molar-refractivity contribution in [2.24, 2.45) is 0 Å². The highest BCUT2D eigenvalue weighted by Crippen LogP contribution is 2.58. The molecule has 0 saturated carbocycles. The summed E-state index contributed by atoms with van der Waals surface area (Å²) in [6, 6.07) is 37.5. The van der Waals surface area contributed by atoms with Crippen LogP contribution in [0.2, 0.25) is 0 Å². The Morgan fingerprint density at radius 2 is 0.658 bits per heavy atom. The second kappa shape index (κ2) is 28.9. The van der Waals surface area contributed by atoms with Crippen LogP contribution in [0.4, 0.5) is 34.1 Å². The molecule has 3 nitrogen and oxygen atoms in total. The number of para-hydroxylation sites is 2. The molecule has 618 valence electrons. The molecule has 13 aromatic rings. The van der Waals surface area contributed by atoms with Crippen LogP contribution in [0.1, 0.15) is 313 Å². The molecule has 0 unspecified atom stereocenters. The van der Waals surface area contributed by atoms with Crippen molar-refractivity contribution in [1.29, 1.82) is 0 Å². The first-order chi connectivity index (χ1) is 62.6. The molecule has 0 spiro atoms. The molecule has 120 heavy (non-hydrogen) atoms. The van der Waals surface area contributed by atoms with Crippen molar-refractivity contribution in [3.63, 3.8) is 0 Å². The molecule has 0 aliphatic carbocycles. The number of hydrogen-bond donors (Lipinski definition) is 0. The number of hydrogen-bond acceptors (Lipinski definition) is 2. The van der Waals surface area contributed by atoms with Gasteiger partial charge in [0.2, 0.25) is 0 Å². The lowest BCUT2D eigenvalue weighted by Gasteiger charge is -2.47. The molecule has 2 aliphatic heterocycles. The predicted octanol–water partition coefficient (Wildman–Crippen LogP) is 31.5. The highest BCUT2D eigenvalue weighted by Gasteiger charge is 2.48. The van der Waals surface area contributed by atoms with E-state index in [1.54, 1.807) is 4.57 Å². The fourth-order valence-corrected chi connectivity index (χ4v) is 17.1. The van der Waals surface area contributed by atoms with E-state index in [-0.39, 0.29) is 136 Å². The van der Waals surface area contributed by atoms with Crippen LogP contribution in [-0.4, -0.2) is 11.3 Å². The van der Waals surface area contributed by atoms with E-state index in [2.05, 4.69) is 258 Å². The number of aromatic nitrogens is 1. The molecule has 0 bridgehead atoms. The average molecular weight is 1600 g/mol. The first-order valence-electron chi connectivity index (χ1n) is 51.7. The van der Waals surface area contributed by atoms with Gasteiger partial charge in [0.05, 0.1) is 45.7 Å².